The number of methoxy groups -OCH3 is 1. The van der Waals surface area contributed by atoms with Crippen molar-refractivity contribution in [3.05, 3.63) is 23.9 Å². The molecule has 106 valence electrons. The van der Waals surface area contributed by atoms with Crippen molar-refractivity contribution in [3.63, 3.8) is 0 Å². The van der Waals surface area contributed by atoms with Gasteiger partial charge in [-0.25, -0.2) is 4.98 Å². The zero-order chi connectivity index (χ0) is 13.7. The van der Waals surface area contributed by atoms with E-state index in [1.165, 1.54) is 6.42 Å². The van der Waals surface area contributed by atoms with Crippen molar-refractivity contribution in [1.82, 2.24) is 15.2 Å². The van der Waals surface area contributed by atoms with E-state index >= 15 is 0 Å². The highest BCUT2D eigenvalue weighted by Crippen LogP contribution is 2.19. The standard InChI is InChI=1S/C15H25N3O/c1-4-16-14-8-9-18(10-12(14)2)11-13-6-5-7-15(17-13)19-3/h5-7,12,14,16H,4,8-11H2,1-3H3. The second-order valence-electron chi connectivity index (χ2n) is 5.34. The van der Waals surface area contributed by atoms with E-state index in [1.54, 1.807) is 7.11 Å². The predicted octanol–water partition coefficient (Wildman–Crippen LogP) is 1.91. The third-order valence-electron chi connectivity index (χ3n) is 3.83. The fraction of sp³-hybridized carbons (Fsp3) is 0.667. The van der Waals surface area contributed by atoms with Gasteiger partial charge in [0.15, 0.2) is 0 Å². The molecule has 1 fully saturated rings. The van der Waals surface area contributed by atoms with E-state index < -0.39 is 0 Å². The summed E-state index contributed by atoms with van der Waals surface area (Å²) in [5.74, 6) is 1.40. The highest BCUT2D eigenvalue weighted by molar-refractivity contribution is 5.15. The molecule has 19 heavy (non-hydrogen) atoms. The van der Waals surface area contributed by atoms with E-state index in [9.17, 15) is 0 Å². The summed E-state index contributed by atoms with van der Waals surface area (Å²) >= 11 is 0. The number of rotatable bonds is 5. The Hall–Kier alpha value is -1.13. The minimum absolute atomic E-state index is 0.666. The average Bonchev–Trinajstić information content (AvgIpc) is 2.42. The monoisotopic (exact) mass is 263 g/mol. The average molecular weight is 263 g/mol. The first-order chi connectivity index (χ1) is 9.22. The Morgan fingerprint density at radius 2 is 2.32 bits per heavy atom. The highest BCUT2D eigenvalue weighted by atomic mass is 16.5. The van der Waals surface area contributed by atoms with Crippen LogP contribution < -0.4 is 10.1 Å². The molecule has 1 saturated heterocycles. The van der Waals surface area contributed by atoms with E-state index in [1.807, 2.05) is 12.1 Å². The minimum atomic E-state index is 0.666. The number of piperidine rings is 1. The fourth-order valence-electron chi connectivity index (χ4n) is 2.83. The van der Waals surface area contributed by atoms with Crippen molar-refractivity contribution >= 4 is 0 Å². The summed E-state index contributed by atoms with van der Waals surface area (Å²) in [4.78, 5) is 6.97. The van der Waals surface area contributed by atoms with Gasteiger partial charge in [0.1, 0.15) is 0 Å². The molecule has 0 bridgehead atoms. The molecule has 2 rings (SSSR count). The van der Waals surface area contributed by atoms with Gasteiger partial charge in [0, 0.05) is 31.7 Å². The Balaban J connectivity index is 1.90. The lowest BCUT2D eigenvalue weighted by Gasteiger charge is -2.37. The van der Waals surface area contributed by atoms with Gasteiger partial charge in [-0.1, -0.05) is 19.9 Å². The van der Waals surface area contributed by atoms with Crippen molar-refractivity contribution in [2.24, 2.45) is 5.92 Å². The maximum Gasteiger partial charge on any atom is 0.213 e. The first-order valence-corrected chi connectivity index (χ1v) is 7.18. The molecule has 4 heteroatoms. The summed E-state index contributed by atoms with van der Waals surface area (Å²) < 4.78 is 5.17. The van der Waals surface area contributed by atoms with Gasteiger partial charge in [0.2, 0.25) is 5.88 Å². The SMILES string of the molecule is CCNC1CCN(Cc2cccc(OC)n2)CC1C. The summed E-state index contributed by atoms with van der Waals surface area (Å²) in [6.07, 6.45) is 1.22. The molecule has 0 amide bonds. The van der Waals surface area contributed by atoms with Crippen molar-refractivity contribution in [2.45, 2.75) is 32.9 Å². The molecule has 4 nitrogen and oxygen atoms in total. The molecule has 1 aromatic heterocycles. The Morgan fingerprint density at radius 1 is 1.47 bits per heavy atom. The Kier molecular flexibility index (Phi) is 5.16. The van der Waals surface area contributed by atoms with Crippen molar-refractivity contribution < 1.29 is 4.74 Å². The quantitative estimate of drug-likeness (QED) is 0.880. The second kappa shape index (κ2) is 6.87. The van der Waals surface area contributed by atoms with Gasteiger partial charge in [0.25, 0.3) is 0 Å². The van der Waals surface area contributed by atoms with E-state index in [2.05, 4.69) is 35.1 Å². The van der Waals surface area contributed by atoms with Gasteiger partial charge >= 0.3 is 0 Å². The number of nitrogens with one attached hydrogen (secondary N) is 1. The highest BCUT2D eigenvalue weighted by Gasteiger charge is 2.25. The van der Waals surface area contributed by atoms with Gasteiger partial charge in [-0.15, -0.1) is 0 Å². The minimum Gasteiger partial charge on any atom is -0.481 e. The smallest absolute Gasteiger partial charge is 0.213 e. The van der Waals surface area contributed by atoms with Crippen LogP contribution in [0.2, 0.25) is 0 Å². The molecular weight excluding hydrogens is 238 g/mol. The Labute approximate surface area is 116 Å². The van der Waals surface area contributed by atoms with Crippen molar-refractivity contribution in [2.75, 3.05) is 26.7 Å². The molecular formula is C15H25N3O. The van der Waals surface area contributed by atoms with E-state index in [0.29, 0.717) is 17.8 Å². The molecule has 0 aromatic carbocycles. The zero-order valence-electron chi connectivity index (χ0n) is 12.2. The summed E-state index contributed by atoms with van der Waals surface area (Å²) in [6, 6.07) is 6.64. The molecule has 2 heterocycles. The second-order valence-corrected chi connectivity index (χ2v) is 5.34. The van der Waals surface area contributed by atoms with Crippen LogP contribution in [0.5, 0.6) is 5.88 Å². The summed E-state index contributed by atoms with van der Waals surface area (Å²) in [7, 11) is 1.66. The van der Waals surface area contributed by atoms with Crippen LogP contribution in [-0.2, 0) is 6.54 Å². The van der Waals surface area contributed by atoms with Gasteiger partial charge in [-0.3, -0.25) is 4.90 Å². The predicted molar refractivity (Wildman–Crippen MR) is 77.3 cm³/mol. The maximum atomic E-state index is 5.17. The van der Waals surface area contributed by atoms with E-state index in [0.717, 1.165) is 31.9 Å². The third kappa shape index (κ3) is 3.91. The summed E-state index contributed by atoms with van der Waals surface area (Å²) in [6.45, 7) is 8.77. The number of aromatic nitrogens is 1. The Morgan fingerprint density at radius 3 is 3.00 bits per heavy atom. The van der Waals surface area contributed by atoms with Gasteiger partial charge in [0.05, 0.1) is 12.8 Å². The molecule has 0 saturated carbocycles. The number of ether oxygens (including phenoxy) is 1. The number of nitrogens with zero attached hydrogens (tertiary/aromatic N) is 2. The van der Waals surface area contributed by atoms with Crippen LogP contribution in [-0.4, -0.2) is 42.7 Å². The Bertz CT molecular complexity index is 397. The lowest BCUT2D eigenvalue weighted by Crippen LogP contribution is -2.47. The first-order valence-electron chi connectivity index (χ1n) is 7.18. The topological polar surface area (TPSA) is 37.4 Å². The maximum absolute atomic E-state index is 5.17. The molecule has 0 radical (unpaired) electrons. The summed E-state index contributed by atoms with van der Waals surface area (Å²) in [5.41, 5.74) is 1.09. The van der Waals surface area contributed by atoms with E-state index in [-0.39, 0.29) is 0 Å². The molecule has 0 spiro atoms. The molecule has 1 N–H and O–H groups in total. The zero-order valence-corrected chi connectivity index (χ0v) is 12.2. The lowest BCUT2D eigenvalue weighted by atomic mass is 9.93. The van der Waals surface area contributed by atoms with E-state index in [4.69, 9.17) is 4.74 Å². The molecule has 2 unspecified atom stereocenters. The van der Waals surface area contributed by atoms with Gasteiger partial charge in [-0.05, 0) is 24.9 Å². The van der Waals surface area contributed by atoms with Crippen LogP contribution >= 0.6 is 0 Å². The molecule has 1 aliphatic rings. The molecule has 1 aliphatic heterocycles. The molecule has 0 aliphatic carbocycles. The van der Waals surface area contributed by atoms with Crippen LogP contribution in [0, 0.1) is 5.92 Å². The molecule has 2 atom stereocenters. The lowest BCUT2D eigenvalue weighted by molar-refractivity contribution is 0.140. The van der Waals surface area contributed by atoms with Crippen LogP contribution in [0.4, 0.5) is 0 Å². The van der Waals surface area contributed by atoms with Crippen LogP contribution in [0.25, 0.3) is 0 Å². The first kappa shape index (κ1) is 14.3. The number of pyridine rings is 1. The number of hydrogen-bond acceptors (Lipinski definition) is 4. The fourth-order valence-corrected chi connectivity index (χ4v) is 2.83. The largest absolute Gasteiger partial charge is 0.481 e. The van der Waals surface area contributed by atoms with Gasteiger partial charge < -0.3 is 10.1 Å². The van der Waals surface area contributed by atoms with Crippen molar-refractivity contribution in [3.8, 4) is 5.88 Å². The van der Waals surface area contributed by atoms with Crippen molar-refractivity contribution in [1.29, 1.82) is 0 Å². The summed E-state index contributed by atoms with van der Waals surface area (Å²) in [5, 5.41) is 3.57. The van der Waals surface area contributed by atoms with Gasteiger partial charge in [-0.2, -0.15) is 0 Å². The number of likely N-dealkylation sites (tertiary alicyclic amines) is 1. The molecule has 1 aromatic rings. The normalized spacial score (nSPS) is 24.4. The number of hydrogen-bond donors (Lipinski definition) is 1. The third-order valence-corrected chi connectivity index (χ3v) is 3.83. The van der Waals surface area contributed by atoms with Crippen LogP contribution in [0.3, 0.4) is 0 Å². The van der Waals surface area contributed by atoms with Crippen LogP contribution in [0.1, 0.15) is 26.0 Å². The van der Waals surface area contributed by atoms with Crippen LogP contribution in [0.15, 0.2) is 18.2 Å².